The van der Waals surface area contributed by atoms with Gasteiger partial charge < -0.3 is 14.8 Å². The van der Waals surface area contributed by atoms with E-state index >= 15 is 0 Å². The van der Waals surface area contributed by atoms with Crippen LogP contribution >= 0.6 is 0 Å². The van der Waals surface area contributed by atoms with Crippen LogP contribution in [0.5, 0.6) is 11.5 Å². The Kier molecular flexibility index (Phi) is 5.46. The molecule has 2 heterocycles. The quantitative estimate of drug-likeness (QED) is 0.399. The van der Waals surface area contributed by atoms with Crippen molar-refractivity contribution in [3.8, 4) is 22.8 Å². The van der Waals surface area contributed by atoms with Gasteiger partial charge in [0.05, 0.1) is 16.8 Å². The summed E-state index contributed by atoms with van der Waals surface area (Å²) in [5.74, 6) is 1.24. The zero-order valence-electron chi connectivity index (χ0n) is 17.9. The van der Waals surface area contributed by atoms with Crippen molar-refractivity contribution in [1.82, 2.24) is 4.98 Å². The number of nitrogens with one attached hydrogen (secondary N) is 1. The molecule has 0 fully saturated rings. The lowest BCUT2D eigenvalue weighted by molar-refractivity contribution is 0.102. The second-order valence-corrected chi connectivity index (χ2v) is 7.89. The summed E-state index contributed by atoms with van der Waals surface area (Å²) >= 11 is 0. The maximum absolute atomic E-state index is 13.3. The van der Waals surface area contributed by atoms with Gasteiger partial charge in [-0.1, -0.05) is 43.7 Å². The molecule has 0 spiro atoms. The van der Waals surface area contributed by atoms with E-state index in [0.29, 0.717) is 17.0 Å². The number of pyridine rings is 1. The molecule has 1 aromatic heterocycles. The first-order chi connectivity index (χ1) is 15.7. The van der Waals surface area contributed by atoms with Gasteiger partial charge in [0.25, 0.3) is 5.91 Å². The molecule has 0 atom stereocenters. The van der Waals surface area contributed by atoms with Crippen molar-refractivity contribution in [2.45, 2.75) is 26.2 Å². The van der Waals surface area contributed by atoms with Crippen LogP contribution in [-0.2, 0) is 6.42 Å². The highest BCUT2D eigenvalue weighted by atomic mass is 16.7. The van der Waals surface area contributed by atoms with Gasteiger partial charge in [-0.3, -0.25) is 4.79 Å². The van der Waals surface area contributed by atoms with E-state index in [1.165, 1.54) is 12.0 Å². The van der Waals surface area contributed by atoms with Crippen LogP contribution < -0.4 is 14.8 Å². The van der Waals surface area contributed by atoms with Crippen molar-refractivity contribution < 1.29 is 14.3 Å². The highest BCUT2D eigenvalue weighted by Gasteiger charge is 2.17. The van der Waals surface area contributed by atoms with Crippen molar-refractivity contribution >= 4 is 22.5 Å². The summed E-state index contributed by atoms with van der Waals surface area (Å²) in [6.07, 6.45) is 3.38. The number of fused-ring (bicyclic) bond motifs is 2. The van der Waals surface area contributed by atoms with E-state index in [1.54, 1.807) is 0 Å². The summed E-state index contributed by atoms with van der Waals surface area (Å²) in [4.78, 5) is 18.1. The van der Waals surface area contributed by atoms with E-state index in [2.05, 4.69) is 24.4 Å². The average Bonchev–Trinajstić information content (AvgIpc) is 3.31. The highest BCUT2D eigenvalue weighted by molar-refractivity contribution is 6.13. The Bertz CT molecular complexity index is 1280. The van der Waals surface area contributed by atoms with Crippen molar-refractivity contribution in [2.75, 3.05) is 12.1 Å². The molecule has 0 bridgehead atoms. The second-order valence-electron chi connectivity index (χ2n) is 7.89. The number of hydrogen-bond donors (Lipinski definition) is 1. The Balaban J connectivity index is 1.48. The number of hydrogen-bond acceptors (Lipinski definition) is 4. The van der Waals surface area contributed by atoms with Crippen molar-refractivity contribution in [1.29, 1.82) is 0 Å². The van der Waals surface area contributed by atoms with E-state index in [9.17, 15) is 4.79 Å². The Morgan fingerprint density at radius 1 is 0.969 bits per heavy atom. The van der Waals surface area contributed by atoms with Crippen LogP contribution in [0.4, 0.5) is 5.69 Å². The fourth-order valence-electron chi connectivity index (χ4n) is 3.90. The van der Waals surface area contributed by atoms with E-state index in [0.717, 1.165) is 40.7 Å². The predicted octanol–water partition coefficient (Wildman–Crippen LogP) is 6.23. The van der Waals surface area contributed by atoms with E-state index in [4.69, 9.17) is 14.5 Å². The first-order valence-electron chi connectivity index (χ1n) is 10.9. The fraction of sp³-hybridized carbons (Fsp3) is 0.185. The first-order valence-corrected chi connectivity index (χ1v) is 10.9. The number of rotatable bonds is 6. The summed E-state index contributed by atoms with van der Waals surface area (Å²) in [6, 6.07) is 23.3. The molecule has 5 rings (SSSR count). The lowest BCUT2D eigenvalue weighted by Crippen LogP contribution is -2.13. The van der Waals surface area contributed by atoms with Crippen LogP contribution in [-0.4, -0.2) is 17.7 Å². The summed E-state index contributed by atoms with van der Waals surface area (Å²) < 4.78 is 10.9. The number of aryl methyl sites for hydroxylation is 1. The Labute approximate surface area is 187 Å². The van der Waals surface area contributed by atoms with Gasteiger partial charge >= 0.3 is 0 Å². The minimum atomic E-state index is -0.160. The number of benzene rings is 3. The van der Waals surface area contributed by atoms with Crippen LogP contribution in [0.1, 0.15) is 35.7 Å². The summed E-state index contributed by atoms with van der Waals surface area (Å²) in [6.45, 7) is 2.40. The van der Waals surface area contributed by atoms with E-state index < -0.39 is 0 Å². The number of anilines is 1. The molecule has 0 aliphatic carbocycles. The lowest BCUT2D eigenvalue weighted by Gasteiger charge is -2.11. The monoisotopic (exact) mass is 424 g/mol. The number of carbonyl (C=O) groups excluding carboxylic acids is 1. The molecular weight excluding hydrogens is 400 g/mol. The number of aromatic nitrogens is 1. The number of unbranched alkanes of at least 4 members (excludes halogenated alkanes) is 1. The van der Waals surface area contributed by atoms with Gasteiger partial charge in [-0.2, -0.15) is 0 Å². The standard InChI is InChI=1S/C27H24N2O3/c1-2-3-6-18-9-12-20(13-10-18)28-27(30)22-16-24(29-23-8-5-4-7-21(22)23)19-11-14-25-26(15-19)32-17-31-25/h4-5,7-16H,2-3,6,17H2,1H3,(H,28,30). The lowest BCUT2D eigenvalue weighted by atomic mass is 10.0. The third-order valence-corrected chi connectivity index (χ3v) is 5.66. The van der Waals surface area contributed by atoms with Crippen molar-refractivity contribution in [3.63, 3.8) is 0 Å². The molecule has 0 radical (unpaired) electrons. The van der Waals surface area contributed by atoms with Crippen LogP contribution in [0.25, 0.3) is 22.2 Å². The van der Waals surface area contributed by atoms with Gasteiger partial charge in [0, 0.05) is 16.6 Å². The van der Waals surface area contributed by atoms with Crippen molar-refractivity contribution in [2.24, 2.45) is 0 Å². The van der Waals surface area contributed by atoms with Crippen LogP contribution in [0.2, 0.25) is 0 Å². The summed E-state index contributed by atoms with van der Waals surface area (Å²) in [7, 11) is 0. The Hall–Kier alpha value is -3.86. The highest BCUT2D eigenvalue weighted by Crippen LogP contribution is 2.36. The largest absolute Gasteiger partial charge is 0.454 e. The maximum atomic E-state index is 13.3. The first kappa shape index (κ1) is 20.1. The van der Waals surface area contributed by atoms with E-state index in [1.807, 2.05) is 60.7 Å². The summed E-state index contributed by atoms with van der Waals surface area (Å²) in [5, 5.41) is 3.86. The van der Waals surface area contributed by atoms with E-state index in [-0.39, 0.29) is 12.7 Å². The zero-order valence-corrected chi connectivity index (χ0v) is 17.9. The Morgan fingerprint density at radius 3 is 2.62 bits per heavy atom. The molecule has 0 saturated heterocycles. The molecule has 1 amide bonds. The van der Waals surface area contributed by atoms with Crippen LogP contribution in [0.3, 0.4) is 0 Å². The average molecular weight is 425 g/mol. The second kappa shape index (κ2) is 8.71. The molecule has 1 aliphatic rings. The smallest absolute Gasteiger partial charge is 0.256 e. The molecule has 1 aliphatic heterocycles. The zero-order chi connectivity index (χ0) is 21.9. The normalized spacial score (nSPS) is 12.2. The predicted molar refractivity (Wildman–Crippen MR) is 126 cm³/mol. The number of nitrogens with zero attached hydrogens (tertiary/aromatic N) is 1. The number of para-hydroxylation sites is 1. The van der Waals surface area contributed by atoms with Gasteiger partial charge in [-0.25, -0.2) is 4.98 Å². The SMILES string of the molecule is CCCCc1ccc(NC(=O)c2cc(-c3ccc4c(c3)OCO4)nc3ccccc23)cc1. The number of carbonyl (C=O) groups is 1. The minimum absolute atomic E-state index is 0.160. The fourth-order valence-corrected chi connectivity index (χ4v) is 3.90. The number of ether oxygens (including phenoxy) is 2. The molecule has 160 valence electrons. The molecule has 5 heteroatoms. The van der Waals surface area contributed by atoms with Crippen LogP contribution in [0.15, 0.2) is 72.8 Å². The van der Waals surface area contributed by atoms with Gasteiger partial charge in [-0.05, 0) is 60.9 Å². The van der Waals surface area contributed by atoms with Gasteiger partial charge in [0.15, 0.2) is 11.5 Å². The number of amides is 1. The van der Waals surface area contributed by atoms with Crippen LogP contribution in [0, 0.1) is 0 Å². The third-order valence-electron chi connectivity index (χ3n) is 5.66. The van der Waals surface area contributed by atoms with Gasteiger partial charge in [-0.15, -0.1) is 0 Å². The third kappa shape index (κ3) is 4.02. The molecule has 32 heavy (non-hydrogen) atoms. The molecule has 3 aromatic carbocycles. The van der Waals surface area contributed by atoms with Gasteiger partial charge in [0.1, 0.15) is 0 Å². The van der Waals surface area contributed by atoms with Crippen molar-refractivity contribution in [3.05, 3.63) is 83.9 Å². The molecule has 0 saturated carbocycles. The minimum Gasteiger partial charge on any atom is -0.454 e. The summed E-state index contributed by atoms with van der Waals surface area (Å²) in [5.41, 5.74) is 4.99. The maximum Gasteiger partial charge on any atom is 0.256 e. The topological polar surface area (TPSA) is 60.5 Å². The molecule has 1 N–H and O–H groups in total. The molecule has 0 unspecified atom stereocenters. The Morgan fingerprint density at radius 2 is 1.78 bits per heavy atom. The molecular formula is C27H24N2O3. The van der Waals surface area contributed by atoms with Gasteiger partial charge in [0.2, 0.25) is 6.79 Å². The molecule has 4 aromatic rings. The molecule has 5 nitrogen and oxygen atoms in total.